The summed E-state index contributed by atoms with van der Waals surface area (Å²) in [5.41, 5.74) is 1.14. The van der Waals surface area contributed by atoms with Crippen LogP contribution in [0.3, 0.4) is 0 Å². The second-order valence-corrected chi connectivity index (χ2v) is 3.90. The van der Waals surface area contributed by atoms with Gasteiger partial charge in [-0.15, -0.1) is 0 Å². The number of aliphatic hydroxyl groups is 1. The first-order valence-electron chi connectivity index (χ1n) is 5.77. The van der Waals surface area contributed by atoms with E-state index in [0.29, 0.717) is 13.2 Å². The van der Waals surface area contributed by atoms with Crippen LogP contribution in [0.1, 0.15) is 18.4 Å². The molecule has 3 nitrogen and oxygen atoms in total. The van der Waals surface area contributed by atoms with E-state index in [1.54, 1.807) is 0 Å². The molecule has 0 spiro atoms. The van der Waals surface area contributed by atoms with Crippen LogP contribution in [0.4, 0.5) is 0 Å². The highest BCUT2D eigenvalue weighted by atomic mass is 16.5. The van der Waals surface area contributed by atoms with E-state index in [4.69, 9.17) is 4.74 Å². The van der Waals surface area contributed by atoms with Gasteiger partial charge in [-0.05, 0) is 32.0 Å². The lowest BCUT2D eigenvalue weighted by molar-refractivity contribution is 0.0238. The molecule has 0 radical (unpaired) electrons. The summed E-state index contributed by atoms with van der Waals surface area (Å²) < 4.78 is 5.44. The van der Waals surface area contributed by atoms with E-state index in [1.807, 2.05) is 37.4 Å². The molecular weight excluding hydrogens is 202 g/mol. The minimum Gasteiger partial charge on any atom is -0.391 e. The van der Waals surface area contributed by atoms with Crippen molar-refractivity contribution in [2.75, 3.05) is 20.2 Å². The summed E-state index contributed by atoms with van der Waals surface area (Å²) in [4.78, 5) is 0. The van der Waals surface area contributed by atoms with Crippen LogP contribution in [0, 0.1) is 0 Å². The molecule has 0 bridgehead atoms. The van der Waals surface area contributed by atoms with Crippen molar-refractivity contribution in [3.05, 3.63) is 35.9 Å². The van der Waals surface area contributed by atoms with Gasteiger partial charge in [0.15, 0.2) is 0 Å². The lowest BCUT2D eigenvalue weighted by Crippen LogP contribution is -2.17. The Bertz CT molecular complexity index is 264. The van der Waals surface area contributed by atoms with E-state index in [0.717, 1.165) is 24.9 Å². The Morgan fingerprint density at radius 1 is 1.31 bits per heavy atom. The molecule has 1 aromatic rings. The van der Waals surface area contributed by atoms with Crippen LogP contribution in [-0.2, 0) is 11.3 Å². The second kappa shape index (κ2) is 8.28. The molecule has 1 rings (SSSR count). The van der Waals surface area contributed by atoms with E-state index in [2.05, 4.69) is 5.32 Å². The Hall–Kier alpha value is -0.900. The fourth-order valence-electron chi connectivity index (χ4n) is 1.48. The zero-order valence-corrected chi connectivity index (χ0v) is 9.86. The van der Waals surface area contributed by atoms with Gasteiger partial charge in [0, 0.05) is 0 Å². The van der Waals surface area contributed by atoms with Gasteiger partial charge in [-0.2, -0.15) is 0 Å². The second-order valence-electron chi connectivity index (χ2n) is 3.90. The molecule has 1 atom stereocenters. The van der Waals surface area contributed by atoms with E-state index >= 15 is 0 Å². The van der Waals surface area contributed by atoms with Crippen LogP contribution < -0.4 is 5.32 Å². The largest absolute Gasteiger partial charge is 0.391 e. The minimum atomic E-state index is -0.350. The highest BCUT2D eigenvalue weighted by Crippen LogP contribution is 2.02. The van der Waals surface area contributed by atoms with Crippen molar-refractivity contribution >= 4 is 0 Å². The topological polar surface area (TPSA) is 41.5 Å². The van der Waals surface area contributed by atoms with Crippen molar-refractivity contribution in [2.45, 2.75) is 25.6 Å². The molecular formula is C13H21NO2. The quantitative estimate of drug-likeness (QED) is 0.657. The molecule has 0 aliphatic rings. The summed E-state index contributed by atoms with van der Waals surface area (Å²) in [6.07, 6.45) is 1.42. The molecule has 0 heterocycles. The van der Waals surface area contributed by atoms with Crippen LogP contribution in [0.2, 0.25) is 0 Å². The minimum absolute atomic E-state index is 0.350. The zero-order chi connectivity index (χ0) is 11.6. The molecule has 0 aromatic heterocycles. The van der Waals surface area contributed by atoms with E-state index < -0.39 is 0 Å². The van der Waals surface area contributed by atoms with Crippen LogP contribution in [0.5, 0.6) is 0 Å². The number of ether oxygens (including phenoxy) is 1. The fourth-order valence-corrected chi connectivity index (χ4v) is 1.48. The van der Waals surface area contributed by atoms with Crippen molar-refractivity contribution in [2.24, 2.45) is 0 Å². The van der Waals surface area contributed by atoms with Gasteiger partial charge >= 0.3 is 0 Å². The molecule has 0 saturated heterocycles. The van der Waals surface area contributed by atoms with Crippen molar-refractivity contribution in [1.29, 1.82) is 0 Å². The molecule has 90 valence electrons. The number of hydrogen-bond acceptors (Lipinski definition) is 3. The average Bonchev–Trinajstić information content (AvgIpc) is 2.31. The Morgan fingerprint density at radius 2 is 2.06 bits per heavy atom. The van der Waals surface area contributed by atoms with E-state index in [-0.39, 0.29) is 6.10 Å². The van der Waals surface area contributed by atoms with Crippen molar-refractivity contribution in [3.8, 4) is 0 Å². The first kappa shape index (κ1) is 13.2. The highest BCUT2D eigenvalue weighted by molar-refractivity contribution is 5.13. The number of rotatable bonds is 8. The molecule has 3 heteroatoms. The number of aliphatic hydroxyl groups excluding tert-OH is 1. The number of benzene rings is 1. The van der Waals surface area contributed by atoms with Gasteiger partial charge in [-0.3, -0.25) is 0 Å². The first-order valence-corrected chi connectivity index (χ1v) is 5.77. The molecule has 2 N–H and O–H groups in total. The van der Waals surface area contributed by atoms with E-state index in [9.17, 15) is 5.11 Å². The lowest BCUT2D eigenvalue weighted by atomic mass is 10.2. The molecule has 0 aliphatic heterocycles. The summed E-state index contributed by atoms with van der Waals surface area (Å²) >= 11 is 0. The van der Waals surface area contributed by atoms with Crippen molar-refractivity contribution < 1.29 is 9.84 Å². The third-order valence-electron chi connectivity index (χ3n) is 2.39. The van der Waals surface area contributed by atoms with E-state index in [1.165, 1.54) is 0 Å². The summed E-state index contributed by atoms with van der Waals surface area (Å²) in [5.74, 6) is 0. The third-order valence-corrected chi connectivity index (χ3v) is 2.39. The molecule has 1 aromatic carbocycles. The summed E-state index contributed by atoms with van der Waals surface area (Å²) in [6.45, 7) is 1.93. The fraction of sp³-hybridized carbons (Fsp3) is 0.538. The van der Waals surface area contributed by atoms with Crippen LogP contribution >= 0.6 is 0 Å². The van der Waals surface area contributed by atoms with Crippen LogP contribution in [0.25, 0.3) is 0 Å². The average molecular weight is 223 g/mol. The smallest absolute Gasteiger partial charge is 0.0774 e. The number of nitrogens with one attached hydrogen (secondary N) is 1. The molecule has 0 aliphatic carbocycles. The summed E-state index contributed by atoms with van der Waals surface area (Å²) in [5, 5.41) is 12.7. The maximum absolute atomic E-state index is 9.60. The Labute approximate surface area is 97.4 Å². The normalized spacial score (nSPS) is 12.6. The van der Waals surface area contributed by atoms with Gasteiger partial charge < -0.3 is 15.2 Å². The maximum atomic E-state index is 9.60. The highest BCUT2D eigenvalue weighted by Gasteiger charge is 2.03. The number of hydrogen-bond donors (Lipinski definition) is 2. The Balaban J connectivity index is 2.06. The molecule has 0 fully saturated rings. The SMILES string of the molecule is CNCCC[C@H](O)COCc1ccccc1. The van der Waals surface area contributed by atoms with Gasteiger partial charge in [-0.1, -0.05) is 30.3 Å². The summed E-state index contributed by atoms with van der Waals surface area (Å²) in [6, 6.07) is 10.0. The standard InChI is InChI=1S/C13H21NO2/c1-14-9-5-8-13(15)11-16-10-12-6-3-2-4-7-12/h2-4,6-7,13-15H,5,8-11H2,1H3/t13-/m0/s1. The van der Waals surface area contributed by atoms with Gasteiger partial charge in [-0.25, -0.2) is 0 Å². The van der Waals surface area contributed by atoms with Gasteiger partial charge in [0.1, 0.15) is 0 Å². The zero-order valence-electron chi connectivity index (χ0n) is 9.86. The Morgan fingerprint density at radius 3 is 2.75 bits per heavy atom. The molecule has 16 heavy (non-hydrogen) atoms. The Kier molecular flexibility index (Phi) is 6.81. The maximum Gasteiger partial charge on any atom is 0.0774 e. The van der Waals surface area contributed by atoms with Crippen LogP contribution in [-0.4, -0.2) is 31.4 Å². The first-order chi connectivity index (χ1) is 7.83. The molecule has 0 amide bonds. The predicted octanol–water partition coefficient (Wildman–Crippen LogP) is 1.56. The van der Waals surface area contributed by atoms with Crippen molar-refractivity contribution in [1.82, 2.24) is 5.32 Å². The van der Waals surface area contributed by atoms with Gasteiger partial charge in [0.05, 0.1) is 19.3 Å². The third kappa shape index (κ3) is 5.85. The monoisotopic (exact) mass is 223 g/mol. The van der Waals surface area contributed by atoms with Gasteiger partial charge in [0.25, 0.3) is 0 Å². The molecule has 0 saturated carbocycles. The lowest BCUT2D eigenvalue weighted by Gasteiger charge is -2.11. The van der Waals surface area contributed by atoms with Gasteiger partial charge in [0.2, 0.25) is 0 Å². The molecule has 0 unspecified atom stereocenters. The summed E-state index contributed by atoms with van der Waals surface area (Å²) in [7, 11) is 1.91. The van der Waals surface area contributed by atoms with Crippen molar-refractivity contribution in [3.63, 3.8) is 0 Å². The van der Waals surface area contributed by atoms with Crippen LogP contribution in [0.15, 0.2) is 30.3 Å². The predicted molar refractivity (Wildman–Crippen MR) is 65.3 cm³/mol.